The molecule has 0 aromatic heterocycles. The molecule has 0 bridgehead atoms. The molecule has 1 atom stereocenters. The van der Waals surface area contributed by atoms with Crippen LogP contribution in [0.15, 0.2) is 0 Å². The van der Waals surface area contributed by atoms with Gasteiger partial charge in [0.05, 0.1) is 0 Å². The van der Waals surface area contributed by atoms with Crippen molar-refractivity contribution in [3.63, 3.8) is 0 Å². The Morgan fingerprint density at radius 2 is 1.95 bits per heavy atom. The van der Waals surface area contributed by atoms with Crippen LogP contribution >= 0.6 is 0 Å². The lowest BCUT2D eigenvalue weighted by Gasteiger charge is -2.33. The molecular formula is C14H25N3O2. The Hall–Kier alpha value is -1.10. The van der Waals surface area contributed by atoms with Crippen molar-refractivity contribution in [3.05, 3.63) is 0 Å². The van der Waals surface area contributed by atoms with Gasteiger partial charge < -0.3 is 15.5 Å². The molecule has 5 nitrogen and oxygen atoms in total. The Labute approximate surface area is 115 Å². The van der Waals surface area contributed by atoms with Gasteiger partial charge in [0, 0.05) is 38.5 Å². The van der Waals surface area contributed by atoms with Crippen LogP contribution < -0.4 is 10.6 Å². The molecule has 2 aliphatic rings. The molecule has 0 aliphatic carbocycles. The van der Waals surface area contributed by atoms with Gasteiger partial charge >= 0.3 is 0 Å². The normalized spacial score (nSPS) is 25.1. The standard InChI is InChI=1S/C14H25N3O2/c1-11(18)16-12-5-8-17(9-6-12)14(19)10-13-4-2-3-7-15-13/h12-13,15H,2-10H2,1H3,(H,16,18). The van der Waals surface area contributed by atoms with E-state index >= 15 is 0 Å². The minimum absolute atomic E-state index is 0.0242. The molecule has 2 rings (SSSR count). The van der Waals surface area contributed by atoms with Gasteiger partial charge in [-0.3, -0.25) is 9.59 Å². The lowest BCUT2D eigenvalue weighted by molar-refractivity contribution is -0.133. The van der Waals surface area contributed by atoms with Crippen molar-refractivity contribution in [1.29, 1.82) is 0 Å². The summed E-state index contributed by atoms with van der Waals surface area (Å²) in [6.45, 7) is 4.14. The Morgan fingerprint density at radius 1 is 1.21 bits per heavy atom. The zero-order valence-electron chi connectivity index (χ0n) is 11.8. The van der Waals surface area contributed by atoms with Crippen LogP contribution in [0, 0.1) is 0 Å². The van der Waals surface area contributed by atoms with E-state index in [1.54, 1.807) is 6.92 Å². The Morgan fingerprint density at radius 3 is 2.53 bits per heavy atom. The molecular weight excluding hydrogens is 242 g/mol. The van der Waals surface area contributed by atoms with Crippen molar-refractivity contribution in [3.8, 4) is 0 Å². The van der Waals surface area contributed by atoms with E-state index in [0.29, 0.717) is 12.5 Å². The molecule has 5 heteroatoms. The SMILES string of the molecule is CC(=O)NC1CCN(C(=O)CC2CCCCN2)CC1. The highest BCUT2D eigenvalue weighted by Gasteiger charge is 2.25. The lowest BCUT2D eigenvalue weighted by Crippen LogP contribution is -2.47. The van der Waals surface area contributed by atoms with Crippen molar-refractivity contribution < 1.29 is 9.59 Å². The second-order valence-corrected chi connectivity index (χ2v) is 5.71. The molecule has 108 valence electrons. The first-order chi connectivity index (χ1) is 9.15. The highest BCUT2D eigenvalue weighted by atomic mass is 16.2. The lowest BCUT2D eigenvalue weighted by atomic mass is 10.00. The molecule has 0 radical (unpaired) electrons. The zero-order valence-corrected chi connectivity index (χ0v) is 11.8. The molecule has 2 N–H and O–H groups in total. The van der Waals surface area contributed by atoms with E-state index in [2.05, 4.69) is 10.6 Å². The van der Waals surface area contributed by atoms with Crippen molar-refractivity contribution >= 4 is 11.8 Å². The smallest absolute Gasteiger partial charge is 0.224 e. The maximum Gasteiger partial charge on any atom is 0.224 e. The maximum atomic E-state index is 12.2. The number of amides is 2. The largest absolute Gasteiger partial charge is 0.353 e. The third-order valence-electron chi connectivity index (χ3n) is 4.09. The fraction of sp³-hybridized carbons (Fsp3) is 0.857. The maximum absolute atomic E-state index is 12.2. The topological polar surface area (TPSA) is 61.4 Å². The third-order valence-corrected chi connectivity index (χ3v) is 4.09. The second-order valence-electron chi connectivity index (χ2n) is 5.71. The van der Waals surface area contributed by atoms with Gasteiger partial charge in [-0.05, 0) is 32.2 Å². The van der Waals surface area contributed by atoms with Gasteiger partial charge in [0.2, 0.25) is 11.8 Å². The average molecular weight is 267 g/mol. The summed E-state index contributed by atoms with van der Waals surface area (Å²) < 4.78 is 0. The van der Waals surface area contributed by atoms with Gasteiger partial charge in [0.25, 0.3) is 0 Å². The van der Waals surface area contributed by atoms with Crippen LogP contribution in [-0.2, 0) is 9.59 Å². The van der Waals surface area contributed by atoms with Crippen molar-refractivity contribution in [1.82, 2.24) is 15.5 Å². The van der Waals surface area contributed by atoms with Crippen LogP contribution in [0.4, 0.5) is 0 Å². The van der Waals surface area contributed by atoms with E-state index in [0.717, 1.165) is 38.9 Å². The number of nitrogens with zero attached hydrogens (tertiary/aromatic N) is 1. The molecule has 2 fully saturated rings. The summed E-state index contributed by atoms with van der Waals surface area (Å²) >= 11 is 0. The summed E-state index contributed by atoms with van der Waals surface area (Å²) in [5.74, 6) is 0.289. The van der Waals surface area contributed by atoms with E-state index in [-0.39, 0.29) is 17.9 Å². The summed E-state index contributed by atoms with van der Waals surface area (Å²) in [6, 6.07) is 0.615. The highest BCUT2D eigenvalue weighted by molar-refractivity contribution is 5.77. The van der Waals surface area contributed by atoms with Crippen molar-refractivity contribution in [2.24, 2.45) is 0 Å². The summed E-state index contributed by atoms with van der Waals surface area (Å²) in [7, 11) is 0. The minimum atomic E-state index is 0.0242. The van der Waals surface area contributed by atoms with Gasteiger partial charge in [0.15, 0.2) is 0 Å². The Balaban J connectivity index is 1.71. The number of piperidine rings is 2. The Kier molecular flexibility index (Phi) is 5.19. The van der Waals surface area contributed by atoms with Crippen LogP contribution in [-0.4, -0.2) is 48.4 Å². The average Bonchev–Trinajstić information content (AvgIpc) is 2.40. The first kappa shape index (κ1) is 14.3. The fourth-order valence-electron chi connectivity index (χ4n) is 3.00. The summed E-state index contributed by atoms with van der Waals surface area (Å²) in [4.78, 5) is 25.1. The number of hydrogen-bond acceptors (Lipinski definition) is 3. The molecule has 0 aromatic carbocycles. The van der Waals surface area contributed by atoms with E-state index in [1.807, 2.05) is 4.90 Å². The number of carbonyl (C=O) groups is 2. The molecule has 2 heterocycles. The van der Waals surface area contributed by atoms with Crippen LogP contribution in [0.2, 0.25) is 0 Å². The molecule has 0 saturated carbocycles. The van der Waals surface area contributed by atoms with Crippen molar-refractivity contribution in [2.45, 2.75) is 57.5 Å². The molecule has 0 aromatic rings. The molecule has 2 amide bonds. The number of rotatable bonds is 3. The highest BCUT2D eigenvalue weighted by Crippen LogP contribution is 2.15. The molecule has 19 heavy (non-hydrogen) atoms. The fourth-order valence-corrected chi connectivity index (χ4v) is 3.00. The zero-order chi connectivity index (χ0) is 13.7. The van der Waals surface area contributed by atoms with Crippen LogP contribution in [0.1, 0.15) is 45.4 Å². The van der Waals surface area contributed by atoms with Crippen LogP contribution in [0.5, 0.6) is 0 Å². The minimum Gasteiger partial charge on any atom is -0.353 e. The molecule has 0 spiro atoms. The van der Waals surface area contributed by atoms with E-state index in [9.17, 15) is 9.59 Å². The number of nitrogens with one attached hydrogen (secondary N) is 2. The van der Waals surface area contributed by atoms with Gasteiger partial charge in [-0.1, -0.05) is 6.42 Å². The van der Waals surface area contributed by atoms with E-state index in [4.69, 9.17) is 0 Å². The predicted octanol–water partition coefficient (Wildman–Crippen LogP) is 0.646. The first-order valence-electron chi connectivity index (χ1n) is 7.43. The molecule has 2 saturated heterocycles. The third kappa shape index (κ3) is 4.49. The molecule has 1 unspecified atom stereocenters. The van der Waals surface area contributed by atoms with Gasteiger partial charge in [0.1, 0.15) is 0 Å². The number of hydrogen-bond donors (Lipinski definition) is 2. The monoisotopic (exact) mass is 267 g/mol. The van der Waals surface area contributed by atoms with E-state index in [1.165, 1.54) is 12.8 Å². The van der Waals surface area contributed by atoms with Crippen molar-refractivity contribution in [2.75, 3.05) is 19.6 Å². The van der Waals surface area contributed by atoms with Crippen LogP contribution in [0.3, 0.4) is 0 Å². The quantitative estimate of drug-likeness (QED) is 0.789. The summed E-state index contributed by atoms with van der Waals surface area (Å²) in [5.41, 5.74) is 0. The van der Waals surface area contributed by atoms with Gasteiger partial charge in [-0.25, -0.2) is 0 Å². The number of likely N-dealkylation sites (tertiary alicyclic amines) is 1. The summed E-state index contributed by atoms with van der Waals surface area (Å²) in [5, 5.41) is 6.35. The Bertz CT molecular complexity index is 319. The second kappa shape index (κ2) is 6.89. The van der Waals surface area contributed by atoms with Gasteiger partial charge in [-0.15, -0.1) is 0 Å². The summed E-state index contributed by atoms with van der Waals surface area (Å²) in [6.07, 6.45) is 5.97. The van der Waals surface area contributed by atoms with Crippen LogP contribution in [0.25, 0.3) is 0 Å². The van der Waals surface area contributed by atoms with E-state index < -0.39 is 0 Å². The van der Waals surface area contributed by atoms with Gasteiger partial charge in [-0.2, -0.15) is 0 Å². The predicted molar refractivity (Wildman–Crippen MR) is 73.7 cm³/mol. The number of carbonyl (C=O) groups excluding carboxylic acids is 2. The first-order valence-corrected chi connectivity index (χ1v) is 7.43. The molecule has 2 aliphatic heterocycles.